The minimum absolute atomic E-state index is 0.0767. The Hall–Kier alpha value is -2.45. The highest BCUT2D eigenvalue weighted by atomic mass is 32.2. The molecule has 2 aromatic rings. The molecule has 0 aliphatic heterocycles. The van der Waals surface area contributed by atoms with E-state index in [2.05, 4.69) is 10.3 Å². The molecule has 0 aliphatic rings. The molecule has 0 atom stereocenters. The number of aromatic nitrogens is 1. The minimum atomic E-state index is -3.42. The predicted octanol–water partition coefficient (Wildman–Crippen LogP) is 1.56. The van der Waals surface area contributed by atoms with E-state index in [9.17, 15) is 13.2 Å². The summed E-state index contributed by atoms with van der Waals surface area (Å²) in [6.07, 6.45) is 4.43. The molecule has 0 aliphatic carbocycles. The Labute approximate surface area is 154 Å². The van der Waals surface area contributed by atoms with Gasteiger partial charge in [-0.2, -0.15) is 4.31 Å². The standard InChI is InChI=1S/C18H23N3O4S/c1-25-17-6-4-3-5-16(17)13-20-18(22)9-12-21(26(2,23)24)14-15-7-10-19-11-8-15/h3-8,10-11H,9,12-14H2,1-2H3,(H,20,22). The van der Waals surface area contributed by atoms with Crippen LogP contribution >= 0.6 is 0 Å². The molecule has 140 valence electrons. The fraction of sp³-hybridized carbons (Fsp3) is 0.333. The van der Waals surface area contributed by atoms with E-state index in [1.807, 2.05) is 24.3 Å². The lowest BCUT2D eigenvalue weighted by Gasteiger charge is -2.19. The molecule has 0 saturated carbocycles. The first-order valence-electron chi connectivity index (χ1n) is 8.13. The number of amides is 1. The van der Waals surface area contributed by atoms with Crippen LogP contribution in [0.4, 0.5) is 0 Å². The molecule has 1 heterocycles. The number of methoxy groups -OCH3 is 1. The smallest absolute Gasteiger partial charge is 0.221 e. The average molecular weight is 377 g/mol. The number of para-hydroxylation sites is 1. The van der Waals surface area contributed by atoms with Crippen molar-refractivity contribution >= 4 is 15.9 Å². The summed E-state index contributed by atoms with van der Waals surface area (Å²) in [4.78, 5) is 16.0. The molecule has 0 unspecified atom stereocenters. The molecule has 0 spiro atoms. The summed E-state index contributed by atoms with van der Waals surface area (Å²) in [6, 6.07) is 10.9. The number of hydrogen-bond donors (Lipinski definition) is 1. The van der Waals surface area contributed by atoms with Gasteiger partial charge in [-0.3, -0.25) is 9.78 Å². The van der Waals surface area contributed by atoms with Gasteiger partial charge in [0.25, 0.3) is 0 Å². The Balaban J connectivity index is 1.90. The lowest BCUT2D eigenvalue weighted by Crippen LogP contribution is -2.34. The van der Waals surface area contributed by atoms with Crippen molar-refractivity contribution in [2.24, 2.45) is 0 Å². The van der Waals surface area contributed by atoms with E-state index in [0.717, 1.165) is 17.4 Å². The fourth-order valence-corrected chi connectivity index (χ4v) is 3.22. The Morgan fingerprint density at radius 2 is 1.88 bits per heavy atom. The Morgan fingerprint density at radius 3 is 2.54 bits per heavy atom. The first kappa shape index (κ1) is 19.9. The van der Waals surface area contributed by atoms with Gasteiger partial charge in [0.1, 0.15) is 5.75 Å². The largest absolute Gasteiger partial charge is 0.496 e. The molecule has 1 N–H and O–H groups in total. The van der Waals surface area contributed by atoms with E-state index >= 15 is 0 Å². The van der Waals surface area contributed by atoms with Crippen molar-refractivity contribution < 1.29 is 17.9 Å². The van der Waals surface area contributed by atoms with Gasteiger partial charge in [0, 0.05) is 44.0 Å². The number of rotatable bonds is 9. The molecule has 7 nitrogen and oxygen atoms in total. The molecule has 1 aromatic carbocycles. The maximum atomic E-state index is 12.1. The third kappa shape index (κ3) is 6.12. The molecule has 0 radical (unpaired) electrons. The first-order valence-corrected chi connectivity index (χ1v) is 9.97. The molecular formula is C18H23N3O4S. The predicted molar refractivity (Wildman–Crippen MR) is 98.9 cm³/mol. The van der Waals surface area contributed by atoms with Crippen LogP contribution in [-0.2, 0) is 27.9 Å². The van der Waals surface area contributed by atoms with Gasteiger partial charge in [-0.1, -0.05) is 18.2 Å². The molecule has 0 fully saturated rings. The van der Waals surface area contributed by atoms with Crippen LogP contribution in [0.15, 0.2) is 48.8 Å². The van der Waals surface area contributed by atoms with Crippen LogP contribution in [0.25, 0.3) is 0 Å². The second kappa shape index (κ2) is 9.30. The van der Waals surface area contributed by atoms with Gasteiger partial charge >= 0.3 is 0 Å². The molecule has 8 heteroatoms. The van der Waals surface area contributed by atoms with Crippen LogP contribution in [0.2, 0.25) is 0 Å². The van der Waals surface area contributed by atoms with Gasteiger partial charge < -0.3 is 10.1 Å². The van der Waals surface area contributed by atoms with Crippen LogP contribution < -0.4 is 10.1 Å². The van der Waals surface area contributed by atoms with Crippen molar-refractivity contribution in [3.8, 4) is 5.75 Å². The molecule has 1 amide bonds. The Bertz CT molecular complexity index is 825. The molecule has 0 saturated heterocycles. The van der Waals surface area contributed by atoms with Crippen molar-refractivity contribution in [2.45, 2.75) is 19.5 Å². The number of nitrogens with one attached hydrogen (secondary N) is 1. The van der Waals surface area contributed by atoms with Gasteiger partial charge in [-0.25, -0.2) is 8.42 Å². The summed E-state index contributed by atoms with van der Waals surface area (Å²) in [5.41, 5.74) is 1.68. The summed E-state index contributed by atoms with van der Waals surface area (Å²) in [5.74, 6) is 0.475. The maximum absolute atomic E-state index is 12.1. The zero-order chi connectivity index (χ0) is 19.0. The van der Waals surface area contributed by atoms with Crippen LogP contribution in [-0.4, -0.2) is 43.5 Å². The molecule has 26 heavy (non-hydrogen) atoms. The highest BCUT2D eigenvalue weighted by Crippen LogP contribution is 2.16. The van der Waals surface area contributed by atoms with Gasteiger partial charge in [-0.15, -0.1) is 0 Å². The van der Waals surface area contributed by atoms with Gasteiger partial charge in [0.05, 0.1) is 13.4 Å². The lowest BCUT2D eigenvalue weighted by atomic mass is 10.2. The third-order valence-electron chi connectivity index (χ3n) is 3.83. The second-order valence-electron chi connectivity index (χ2n) is 5.79. The summed E-state index contributed by atoms with van der Waals surface area (Å²) in [5, 5.41) is 2.79. The summed E-state index contributed by atoms with van der Waals surface area (Å²) in [7, 11) is -1.85. The van der Waals surface area contributed by atoms with Crippen molar-refractivity contribution in [2.75, 3.05) is 19.9 Å². The number of carbonyl (C=O) groups is 1. The third-order valence-corrected chi connectivity index (χ3v) is 5.08. The number of ether oxygens (including phenoxy) is 1. The zero-order valence-corrected chi connectivity index (χ0v) is 15.7. The minimum Gasteiger partial charge on any atom is -0.496 e. The van der Waals surface area contributed by atoms with Crippen molar-refractivity contribution in [3.05, 3.63) is 59.9 Å². The quantitative estimate of drug-likeness (QED) is 0.716. The molecule has 1 aromatic heterocycles. The number of hydrogen-bond acceptors (Lipinski definition) is 5. The normalized spacial score (nSPS) is 11.3. The van der Waals surface area contributed by atoms with E-state index in [0.29, 0.717) is 12.3 Å². The number of pyridine rings is 1. The summed E-state index contributed by atoms with van der Waals surface area (Å²) < 4.78 is 30.5. The van der Waals surface area contributed by atoms with E-state index in [4.69, 9.17) is 4.74 Å². The molecular weight excluding hydrogens is 354 g/mol. The Kier molecular flexibility index (Phi) is 7.11. The highest BCUT2D eigenvalue weighted by Gasteiger charge is 2.18. The van der Waals surface area contributed by atoms with Crippen LogP contribution in [0.5, 0.6) is 5.75 Å². The van der Waals surface area contributed by atoms with Crippen LogP contribution in [0, 0.1) is 0 Å². The van der Waals surface area contributed by atoms with Crippen LogP contribution in [0.1, 0.15) is 17.5 Å². The van der Waals surface area contributed by atoms with Crippen molar-refractivity contribution in [3.63, 3.8) is 0 Å². The zero-order valence-electron chi connectivity index (χ0n) is 14.9. The van der Waals surface area contributed by atoms with E-state index in [1.165, 1.54) is 4.31 Å². The topological polar surface area (TPSA) is 88.6 Å². The average Bonchev–Trinajstić information content (AvgIpc) is 2.63. The van der Waals surface area contributed by atoms with Gasteiger partial charge in [0.15, 0.2) is 0 Å². The van der Waals surface area contributed by atoms with E-state index in [-0.39, 0.29) is 25.4 Å². The van der Waals surface area contributed by atoms with Crippen molar-refractivity contribution in [1.82, 2.24) is 14.6 Å². The van der Waals surface area contributed by atoms with Gasteiger partial charge in [0.2, 0.25) is 15.9 Å². The number of nitrogens with zero attached hydrogens (tertiary/aromatic N) is 2. The van der Waals surface area contributed by atoms with E-state index in [1.54, 1.807) is 31.6 Å². The number of benzene rings is 1. The summed E-state index contributed by atoms with van der Waals surface area (Å²) in [6.45, 7) is 0.645. The first-order chi connectivity index (χ1) is 12.4. The van der Waals surface area contributed by atoms with Crippen LogP contribution in [0.3, 0.4) is 0 Å². The molecule has 0 bridgehead atoms. The Morgan fingerprint density at radius 1 is 1.19 bits per heavy atom. The second-order valence-corrected chi connectivity index (χ2v) is 7.77. The fourth-order valence-electron chi connectivity index (χ4n) is 2.41. The number of carbonyl (C=O) groups excluding carboxylic acids is 1. The maximum Gasteiger partial charge on any atom is 0.221 e. The van der Waals surface area contributed by atoms with Gasteiger partial charge in [-0.05, 0) is 23.8 Å². The SMILES string of the molecule is COc1ccccc1CNC(=O)CCN(Cc1ccncc1)S(C)(=O)=O. The lowest BCUT2D eigenvalue weighted by molar-refractivity contribution is -0.121. The highest BCUT2D eigenvalue weighted by molar-refractivity contribution is 7.88. The molecule has 2 rings (SSSR count). The van der Waals surface area contributed by atoms with E-state index < -0.39 is 10.0 Å². The van der Waals surface area contributed by atoms with Crippen molar-refractivity contribution in [1.29, 1.82) is 0 Å². The monoisotopic (exact) mass is 377 g/mol. The number of sulfonamides is 1. The summed E-state index contributed by atoms with van der Waals surface area (Å²) >= 11 is 0.